The highest BCUT2D eigenvalue weighted by Crippen LogP contribution is 2.17. The minimum absolute atomic E-state index is 0.0463. The number of benzene rings is 1. The Hall–Kier alpha value is -2.45. The fraction of sp³-hybridized carbons (Fsp3) is 0.471. The van der Waals surface area contributed by atoms with Crippen molar-refractivity contribution in [2.75, 3.05) is 33.4 Å². The third-order valence-corrected chi connectivity index (χ3v) is 4.12. The molecule has 0 spiro atoms. The zero-order valence-corrected chi connectivity index (χ0v) is 14.5. The standard InChI is InChI=1S/C17H23N5O3/c1-12-16(17(23)21-8-7-13(18)11-21)20-22(19-12)14-3-5-15(6-4-14)25-10-9-24-2/h3-6,13H,7-11,18H2,1-2H3/t13-/m0/s1. The summed E-state index contributed by atoms with van der Waals surface area (Å²) < 4.78 is 10.5. The van der Waals surface area contributed by atoms with E-state index in [1.165, 1.54) is 4.80 Å². The summed E-state index contributed by atoms with van der Waals surface area (Å²) >= 11 is 0. The van der Waals surface area contributed by atoms with E-state index in [-0.39, 0.29) is 11.9 Å². The van der Waals surface area contributed by atoms with Gasteiger partial charge in [-0.25, -0.2) is 0 Å². The second kappa shape index (κ2) is 7.62. The highest BCUT2D eigenvalue weighted by atomic mass is 16.5. The molecule has 3 rings (SSSR count). The Morgan fingerprint density at radius 2 is 2.04 bits per heavy atom. The van der Waals surface area contributed by atoms with Crippen molar-refractivity contribution in [1.29, 1.82) is 0 Å². The molecule has 0 bridgehead atoms. The summed E-state index contributed by atoms with van der Waals surface area (Å²) in [7, 11) is 1.63. The molecule has 1 fully saturated rings. The summed E-state index contributed by atoms with van der Waals surface area (Å²) in [5.74, 6) is 0.628. The maximum absolute atomic E-state index is 12.6. The topological polar surface area (TPSA) is 95.5 Å². The van der Waals surface area contributed by atoms with Crippen LogP contribution in [0.5, 0.6) is 5.75 Å². The van der Waals surface area contributed by atoms with Gasteiger partial charge in [0.1, 0.15) is 12.4 Å². The maximum Gasteiger partial charge on any atom is 0.276 e. The first-order chi connectivity index (χ1) is 12.1. The van der Waals surface area contributed by atoms with Gasteiger partial charge in [-0.05, 0) is 37.6 Å². The molecule has 1 aliphatic rings. The van der Waals surface area contributed by atoms with Gasteiger partial charge in [0.15, 0.2) is 5.69 Å². The van der Waals surface area contributed by atoms with E-state index in [9.17, 15) is 4.79 Å². The average Bonchev–Trinajstić information content (AvgIpc) is 3.21. The largest absolute Gasteiger partial charge is 0.491 e. The van der Waals surface area contributed by atoms with Crippen LogP contribution in [0.3, 0.4) is 0 Å². The number of ether oxygens (including phenoxy) is 2. The van der Waals surface area contributed by atoms with Gasteiger partial charge in [-0.3, -0.25) is 4.79 Å². The third-order valence-electron chi connectivity index (χ3n) is 4.12. The maximum atomic E-state index is 12.6. The molecule has 0 aliphatic carbocycles. The number of aromatic nitrogens is 3. The Kier molecular flexibility index (Phi) is 5.30. The normalized spacial score (nSPS) is 17.1. The summed E-state index contributed by atoms with van der Waals surface area (Å²) in [6.07, 6.45) is 0.823. The molecule has 8 nitrogen and oxygen atoms in total. The average molecular weight is 345 g/mol. The van der Waals surface area contributed by atoms with Gasteiger partial charge in [-0.15, -0.1) is 5.10 Å². The summed E-state index contributed by atoms with van der Waals surface area (Å²) in [6.45, 7) is 4.05. The number of aryl methyl sites for hydroxylation is 1. The zero-order valence-electron chi connectivity index (χ0n) is 14.5. The van der Waals surface area contributed by atoms with Gasteiger partial charge >= 0.3 is 0 Å². The number of hydrogen-bond acceptors (Lipinski definition) is 6. The van der Waals surface area contributed by atoms with E-state index in [0.717, 1.165) is 17.9 Å². The van der Waals surface area contributed by atoms with Gasteiger partial charge in [0.2, 0.25) is 0 Å². The highest BCUT2D eigenvalue weighted by molar-refractivity contribution is 5.93. The van der Waals surface area contributed by atoms with Crippen LogP contribution >= 0.6 is 0 Å². The monoisotopic (exact) mass is 345 g/mol. The molecule has 1 saturated heterocycles. The van der Waals surface area contributed by atoms with Crippen LogP contribution in [0.25, 0.3) is 5.69 Å². The highest BCUT2D eigenvalue weighted by Gasteiger charge is 2.28. The van der Waals surface area contributed by atoms with Gasteiger partial charge in [-0.1, -0.05) is 0 Å². The Labute approximate surface area is 146 Å². The number of likely N-dealkylation sites (tertiary alicyclic amines) is 1. The lowest BCUT2D eigenvalue weighted by atomic mass is 10.3. The Balaban J connectivity index is 1.72. The molecule has 0 unspecified atom stereocenters. The van der Waals surface area contributed by atoms with Crippen molar-refractivity contribution in [2.45, 2.75) is 19.4 Å². The number of amides is 1. The molecule has 25 heavy (non-hydrogen) atoms. The smallest absolute Gasteiger partial charge is 0.276 e. The van der Waals surface area contributed by atoms with Gasteiger partial charge < -0.3 is 20.1 Å². The van der Waals surface area contributed by atoms with Crippen LogP contribution < -0.4 is 10.5 Å². The predicted molar refractivity (Wildman–Crippen MR) is 92.0 cm³/mol. The third kappa shape index (κ3) is 3.97. The molecular formula is C17H23N5O3. The molecule has 1 atom stereocenters. The number of rotatable bonds is 6. The number of nitrogens with two attached hydrogens (primary N) is 1. The Morgan fingerprint density at radius 3 is 2.68 bits per heavy atom. The van der Waals surface area contributed by atoms with Crippen LogP contribution in [0.1, 0.15) is 22.6 Å². The molecule has 2 heterocycles. The molecule has 1 aromatic heterocycles. The minimum atomic E-state index is -0.115. The van der Waals surface area contributed by atoms with Crippen molar-refractivity contribution in [1.82, 2.24) is 19.9 Å². The van der Waals surface area contributed by atoms with E-state index < -0.39 is 0 Å². The molecule has 0 radical (unpaired) electrons. The van der Waals surface area contributed by atoms with Crippen LogP contribution in [0.4, 0.5) is 0 Å². The van der Waals surface area contributed by atoms with E-state index in [1.807, 2.05) is 24.3 Å². The minimum Gasteiger partial charge on any atom is -0.491 e. The Morgan fingerprint density at radius 1 is 1.28 bits per heavy atom. The molecule has 1 amide bonds. The summed E-state index contributed by atoms with van der Waals surface area (Å²) in [6, 6.07) is 7.42. The number of methoxy groups -OCH3 is 1. The van der Waals surface area contributed by atoms with Crippen molar-refractivity contribution in [3.63, 3.8) is 0 Å². The second-order valence-electron chi connectivity index (χ2n) is 6.06. The van der Waals surface area contributed by atoms with Gasteiger partial charge in [0.25, 0.3) is 5.91 Å². The first-order valence-corrected chi connectivity index (χ1v) is 8.29. The quantitative estimate of drug-likeness (QED) is 0.777. The van der Waals surface area contributed by atoms with Crippen LogP contribution in [-0.4, -0.2) is 65.3 Å². The first kappa shape index (κ1) is 17.4. The van der Waals surface area contributed by atoms with E-state index in [2.05, 4.69) is 10.2 Å². The number of carbonyl (C=O) groups is 1. The van der Waals surface area contributed by atoms with Crippen molar-refractivity contribution in [2.24, 2.45) is 5.73 Å². The molecular weight excluding hydrogens is 322 g/mol. The van der Waals surface area contributed by atoms with E-state index >= 15 is 0 Å². The van der Waals surface area contributed by atoms with Crippen molar-refractivity contribution >= 4 is 5.91 Å². The fourth-order valence-electron chi connectivity index (χ4n) is 2.73. The van der Waals surface area contributed by atoms with E-state index in [1.54, 1.807) is 18.9 Å². The Bertz CT molecular complexity index is 728. The van der Waals surface area contributed by atoms with E-state index in [0.29, 0.717) is 37.7 Å². The molecule has 1 aromatic carbocycles. The summed E-state index contributed by atoms with van der Waals surface area (Å²) in [5.41, 5.74) is 7.61. The first-order valence-electron chi connectivity index (χ1n) is 8.29. The predicted octanol–water partition coefficient (Wildman–Crippen LogP) is 0.774. The van der Waals surface area contributed by atoms with Gasteiger partial charge in [0, 0.05) is 26.2 Å². The van der Waals surface area contributed by atoms with Gasteiger partial charge in [-0.2, -0.15) is 9.90 Å². The van der Waals surface area contributed by atoms with Crippen LogP contribution in [-0.2, 0) is 4.74 Å². The van der Waals surface area contributed by atoms with Crippen molar-refractivity contribution in [3.8, 4) is 11.4 Å². The molecule has 1 aliphatic heterocycles. The number of nitrogens with zero attached hydrogens (tertiary/aromatic N) is 4. The lowest BCUT2D eigenvalue weighted by Crippen LogP contribution is -2.32. The number of hydrogen-bond donors (Lipinski definition) is 1. The van der Waals surface area contributed by atoms with Gasteiger partial charge in [0.05, 0.1) is 18.0 Å². The fourth-order valence-corrected chi connectivity index (χ4v) is 2.73. The lowest BCUT2D eigenvalue weighted by Gasteiger charge is -2.13. The van der Waals surface area contributed by atoms with Crippen molar-refractivity contribution in [3.05, 3.63) is 35.7 Å². The molecule has 2 aromatic rings. The van der Waals surface area contributed by atoms with Crippen LogP contribution in [0.15, 0.2) is 24.3 Å². The van der Waals surface area contributed by atoms with Crippen LogP contribution in [0, 0.1) is 6.92 Å². The van der Waals surface area contributed by atoms with Crippen molar-refractivity contribution < 1.29 is 14.3 Å². The number of carbonyl (C=O) groups excluding carboxylic acids is 1. The zero-order chi connectivity index (χ0) is 17.8. The molecule has 8 heteroatoms. The molecule has 0 saturated carbocycles. The molecule has 134 valence electrons. The lowest BCUT2D eigenvalue weighted by molar-refractivity contribution is 0.0784. The SMILES string of the molecule is COCCOc1ccc(-n2nc(C)c(C(=O)N3CC[C@H](N)C3)n2)cc1. The second-order valence-corrected chi connectivity index (χ2v) is 6.06. The summed E-state index contributed by atoms with van der Waals surface area (Å²) in [5, 5.41) is 8.73. The van der Waals surface area contributed by atoms with E-state index in [4.69, 9.17) is 15.2 Å². The molecule has 2 N–H and O–H groups in total. The summed E-state index contributed by atoms with van der Waals surface area (Å²) in [4.78, 5) is 15.8. The van der Waals surface area contributed by atoms with Crippen LogP contribution in [0.2, 0.25) is 0 Å².